The normalized spacial score (nSPS) is 16.5. The molecule has 1 aliphatic heterocycles. The second kappa shape index (κ2) is 7.48. The Kier molecular flexibility index (Phi) is 5.30. The van der Waals surface area contributed by atoms with Crippen LogP contribution in [-0.2, 0) is 21.4 Å². The summed E-state index contributed by atoms with van der Waals surface area (Å²) in [6.45, 7) is 2.32. The van der Waals surface area contributed by atoms with E-state index in [1.165, 1.54) is 28.0 Å². The lowest BCUT2D eigenvalue weighted by Crippen LogP contribution is -2.28. The Morgan fingerprint density at radius 3 is 2.77 bits per heavy atom. The molecule has 1 saturated heterocycles. The number of nitrogens with one attached hydrogen (secondary N) is 1. The Hall–Kier alpha value is -2.37. The van der Waals surface area contributed by atoms with E-state index in [0.717, 1.165) is 12.8 Å². The van der Waals surface area contributed by atoms with E-state index in [-0.39, 0.29) is 17.3 Å². The van der Waals surface area contributed by atoms with Gasteiger partial charge in [0.2, 0.25) is 15.9 Å². The van der Waals surface area contributed by atoms with Gasteiger partial charge in [0.1, 0.15) is 12.6 Å². The predicted molar refractivity (Wildman–Crippen MR) is 91.5 cm³/mol. The molecular weight excluding hydrogens is 360 g/mol. The number of amides is 1. The number of hydrogen-bond acceptors (Lipinski definition) is 7. The zero-order valence-electron chi connectivity index (χ0n) is 14.2. The van der Waals surface area contributed by atoms with Crippen molar-refractivity contribution in [1.82, 2.24) is 24.5 Å². The number of carbonyl (C=O) groups is 1. The first-order valence-corrected chi connectivity index (χ1v) is 9.66. The third-order valence-corrected chi connectivity index (χ3v) is 5.94. The van der Waals surface area contributed by atoms with E-state index < -0.39 is 22.0 Å². The summed E-state index contributed by atoms with van der Waals surface area (Å²) < 4.78 is 27.8. The van der Waals surface area contributed by atoms with Crippen LogP contribution in [0.4, 0.5) is 5.69 Å². The summed E-state index contributed by atoms with van der Waals surface area (Å²) in [7, 11) is -3.55. The van der Waals surface area contributed by atoms with Gasteiger partial charge in [-0.15, -0.1) is 5.10 Å². The molecule has 11 heteroatoms. The number of aromatic nitrogens is 4. The molecular formula is C15H20N6O4S. The van der Waals surface area contributed by atoms with Gasteiger partial charge in [0, 0.05) is 18.8 Å². The zero-order valence-corrected chi connectivity index (χ0v) is 15.1. The second-order valence-electron chi connectivity index (χ2n) is 6.06. The third-order valence-electron chi connectivity index (χ3n) is 4.05. The maximum absolute atomic E-state index is 12.6. The van der Waals surface area contributed by atoms with E-state index in [4.69, 9.17) is 0 Å². The number of hydrogen-bond donors (Lipinski definition) is 2. The molecule has 140 valence electrons. The van der Waals surface area contributed by atoms with E-state index in [9.17, 15) is 18.3 Å². The highest BCUT2D eigenvalue weighted by atomic mass is 32.2. The molecule has 2 N–H and O–H groups in total. The van der Waals surface area contributed by atoms with Crippen molar-refractivity contribution in [1.29, 1.82) is 0 Å². The van der Waals surface area contributed by atoms with Crippen molar-refractivity contribution < 1.29 is 18.3 Å². The summed E-state index contributed by atoms with van der Waals surface area (Å²) in [6, 6.07) is 6.13. The molecule has 0 aliphatic carbocycles. The summed E-state index contributed by atoms with van der Waals surface area (Å²) in [6.07, 6.45) is 0.798. The minimum Gasteiger partial charge on any atom is -0.385 e. The highest BCUT2D eigenvalue weighted by Gasteiger charge is 2.27. The molecule has 0 spiro atoms. The highest BCUT2D eigenvalue weighted by molar-refractivity contribution is 7.89. The van der Waals surface area contributed by atoms with Crippen molar-refractivity contribution in [2.24, 2.45) is 0 Å². The topological polar surface area (TPSA) is 130 Å². The zero-order chi connectivity index (χ0) is 18.7. The van der Waals surface area contributed by atoms with Gasteiger partial charge in [-0.05, 0) is 48.4 Å². The average Bonchev–Trinajstić information content (AvgIpc) is 3.26. The van der Waals surface area contributed by atoms with E-state index >= 15 is 0 Å². The molecule has 2 heterocycles. The number of benzene rings is 1. The van der Waals surface area contributed by atoms with Crippen LogP contribution in [0.3, 0.4) is 0 Å². The lowest BCUT2D eigenvalue weighted by atomic mass is 10.3. The number of carbonyl (C=O) groups excluding carboxylic acids is 1. The number of tetrazole rings is 1. The molecule has 1 aliphatic rings. The van der Waals surface area contributed by atoms with E-state index in [1.807, 2.05) is 0 Å². The van der Waals surface area contributed by atoms with Crippen molar-refractivity contribution >= 4 is 21.6 Å². The van der Waals surface area contributed by atoms with Crippen LogP contribution in [0.1, 0.15) is 31.7 Å². The maximum Gasteiger partial charge on any atom is 0.246 e. The van der Waals surface area contributed by atoms with Crippen LogP contribution < -0.4 is 5.32 Å². The van der Waals surface area contributed by atoms with Crippen LogP contribution in [0.2, 0.25) is 0 Å². The number of nitrogens with zero attached hydrogens (tertiary/aromatic N) is 5. The Morgan fingerprint density at radius 2 is 2.08 bits per heavy atom. The fourth-order valence-electron chi connectivity index (χ4n) is 2.77. The molecule has 10 nitrogen and oxygen atoms in total. The highest BCUT2D eigenvalue weighted by Crippen LogP contribution is 2.23. The average molecular weight is 380 g/mol. The predicted octanol–water partition coefficient (Wildman–Crippen LogP) is 0.150. The van der Waals surface area contributed by atoms with Gasteiger partial charge in [0.15, 0.2) is 5.82 Å². The van der Waals surface area contributed by atoms with Gasteiger partial charge < -0.3 is 10.4 Å². The number of rotatable bonds is 6. The molecule has 26 heavy (non-hydrogen) atoms. The number of aliphatic hydroxyl groups excluding tert-OH is 1. The van der Waals surface area contributed by atoms with Crippen molar-refractivity contribution in [2.75, 3.05) is 18.4 Å². The van der Waals surface area contributed by atoms with Gasteiger partial charge in [-0.25, -0.2) is 13.1 Å². The fourth-order valence-corrected chi connectivity index (χ4v) is 4.34. The molecule has 0 unspecified atom stereocenters. The summed E-state index contributed by atoms with van der Waals surface area (Å²) in [5.74, 6) is -0.263. The van der Waals surface area contributed by atoms with Crippen LogP contribution in [-0.4, -0.2) is 57.0 Å². The Labute approximate surface area is 150 Å². The Morgan fingerprint density at radius 1 is 1.35 bits per heavy atom. The molecule has 1 amide bonds. The lowest BCUT2D eigenvalue weighted by Gasteiger charge is -2.16. The fraction of sp³-hybridized carbons (Fsp3) is 0.467. The maximum atomic E-state index is 12.6. The first-order valence-electron chi connectivity index (χ1n) is 8.22. The van der Waals surface area contributed by atoms with Crippen molar-refractivity contribution in [3.05, 3.63) is 30.1 Å². The summed E-state index contributed by atoms with van der Waals surface area (Å²) in [4.78, 5) is 12.3. The number of aliphatic hydroxyl groups is 1. The minimum absolute atomic E-state index is 0.143. The van der Waals surface area contributed by atoms with Gasteiger partial charge in [0.05, 0.1) is 4.90 Å². The monoisotopic (exact) mass is 380 g/mol. The van der Waals surface area contributed by atoms with Crippen LogP contribution in [0.5, 0.6) is 0 Å². The van der Waals surface area contributed by atoms with Crippen LogP contribution in [0, 0.1) is 0 Å². The first kappa shape index (κ1) is 18.4. The third kappa shape index (κ3) is 3.89. The quantitative estimate of drug-likeness (QED) is 0.729. The second-order valence-corrected chi connectivity index (χ2v) is 8.00. The van der Waals surface area contributed by atoms with Gasteiger partial charge in [-0.1, -0.05) is 6.07 Å². The molecule has 2 aromatic rings. The van der Waals surface area contributed by atoms with Crippen LogP contribution >= 0.6 is 0 Å². The molecule has 1 aromatic carbocycles. The van der Waals surface area contributed by atoms with Crippen LogP contribution in [0.15, 0.2) is 29.2 Å². The standard InChI is InChI=1S/C15H20N6O4S/c1-11(22)15-17-18-19-21(15)10-14(23)16-12-5-4-6-13(9-12)26(24,25)20-7-2-3-8-20/h4-6,9,11,22H,2-3,7-8,10H2,1H3,(H,16,23)/t11-/m1/s1. The van der Waals surface area contributed by atoms with Crippen LogP contribution in [0.25, 0.3) is 0 Å². The summed E-state index contributed by atoms with van der Waals surface area (Å²) in [5.41, 5.74) is 0.363. The van der Waals surface area contributed by atoms with E-state index in [0.29, 0.717) is 18.8 Å². The molecule has 0 radical (unpaired) electrons. The largest absolute Gasteiger partial charge is 0.385 e. The van der Waals surface area contributed by atoms with Crippen molar-refractivity contribution in [2.45, 2.75) is 37.3 Å². The van der Waals surface area contributed by atoms with Crippen molar-refractivity contribution in [3.8, 4) is 0 Å². The van der Waals surface area contributed by atoms with E-state index in [1.54, 1.807) is 12.1 Å². The summed E-state index contributed by atoms with van der Waals surface area (Å²) in [5, 5.41) is 22.9. The summed E-state index contributed by atoms with van der Waals surface area (Å²) >= 11 is 0. The number of sulfonamides is 1. The first-order chi connectivity index (χ1) is 12.4. The van der Waals surface area contributed by atoms with Crippen molar-refractivity contribution in [3.63, 3.8) is 0 Å². The molecule has 1 fully saturated rings. The van der Waals surface area contributed by atoms with Gasteiger partial charge >= 0.3 is 0 Å². The lowest BCUT2D eigenvalue weighted by molar-refractivity contribution is -0.117. The molecule has 3 rings (SSSR count). The molecule has 1 aromatic heterocycles. The molecule has 1 atom stereocenters. The van der Waals surface area contributed by atoms with Gasteiger partial charge in [0.25, 0.3) is 0 Å². The molecule has 0 bridgehead atoms. The van der Waals surface area contributed by atoms with Gasteiger partial charge in [-0.3, -0.25) is 4.79 Å². The van der Waals surface area contributed by atoms with Gasteiger partial charge in [-0.2, -0.15) is 4.31 Å². The Balaban J connectivity index is 1.72. The molecule has 0 saturated carbocycles. The smallest absolute Gasteiger partial charge is 0.246 e. The Bertz CT molecular complexity index is 889. The number of anilines is 1. The van der Waals surface area contributed by atoms with E-state index in [2.05, 4.69) is 20.8 Å². The minimum atomic E-state index is -3.55. The SMILES string of the molecule is C[C@@H](O)c1nnnn1CC(=O)Nc1cccc(S(=O)(=O)N2CCCC2)c1.